The normalized spacial score (nSPS) is 21.3. The summed E-state index contributed by atoms with van der Waals surface area (Å²) in [4.78, 5) is 24.0. The van der Waals surface area contributed by atoms with Crippen LogP contribution in [0.1, 0.15) is 82.6 Å². The van der Waals surface area contributed by atoms with Gasteiger partial charge in [0.2, 0.25) is 0 Å². The molecule has 2 aliphatic carbocycles. The van der Waals surface area contributed by atoms with Crippen molar-refractivity contribution in [1.82, 2.24) is 0 Å². The fourth-order valence-electron chi connectivity index (χ4n) is 7.59. The summed E-state index contributed by atoms with van der Waals surface area (Å²) in [5, 5.41) is 0. The van der Waals surface area contributed by atoms with Crippen LogP contribution >= 0.6 is 0 Å². The first-order chi connectivity index (χ1) is 22.4. The maximum absolute atomic E-state index is 12.3. The Morgan fingerprint density at radius 3 is 1.91 bits per heavy atom. The number of hydrogen-bond acceptors (Lipinski definition) is 5. The largest absolute Gasteiger partial charge is 0.423 e. The van der Waals surface area contributed by atoms with Gasteiger partial charge in [-0.3, -0.25) is 0 Å². The lowest BCUT2D eigenvalue weighted by Crippen LogP contribution is -2.25. The summed E-state index contributed by atoms with van der Waals surface area (Å²) < 4.78 is 15.8. The van der Waals surface area contributed by atoms with Crippen LogP contribution in [0.15, 0.2) is 91.5 Å². The molecule has 0 spiro atoms. The number of esters is 2. The van der Waals surface area contributed by atoms with Crippen molar-refractivity contribution in [1.29, 1.82) is 0 Å². The third kappa shape index (κ3) is 8.44. The molecule has 0 unspecified atom stereocenters. The lowest BCUT2D eigenvalue weighted by molar-refractivity contribution is -0.131. The molecule has 3 aromatic carbocycles. The predicted octanol–water partition coefficient (Wildman–Crippen LogP) is 10.1. The van der Waals surface area contributed by atoms with Crippen molar-refractivity contribution in [2.45, 2.75) is 77.0 Å². The first-order valence-electron chi connectivity index (χ1n) is 17.0. The van der Waals surface area contributed by atoms with E-state index in [0.717, 1.165) is 34.4 Å². The molecule has 0 N–H and O–H groups in total. The van der Waals surface area contributed by atoms with Crippen molar-refractivity contribution in [3.63, 3.8) is 0 Å². The van der Waals surface area contributed by atoms with Crippen LogP contribution in [-0.4, -0.2) is 25.7 Å². The zero-order valence-corrected chi connectivity index (χ0v) is 27.5. The summed E-state index contributed by atoms with van der Waals surface area (Å²) in [7, 11) is 1.52. The number of methoxy groups -OCH3 is 1. The van der Waals surface area contributed by atoms with Crippen LogP contribution in [0.25, 0.3) is 22.3 Å². The number of carbonyl (C=O) groups excluding carboxylic acids is 2. The van der Waals surface area contributed by atoms with Crippen LogP contribution < -0.4 is 9.47 Å². The Bertz CT molecular complexity index is 1490. The maximum Gasteiger partial charge on any atom is 0.341 e. The van der Waals surface area contributed by atoms with Gasteiger partial charge in [0.1, 0.15) is 11.5 Å². The Morgan fingerprint density at radius 2 is 1.33 bits per heavy atom. The molecule has 0 amide bonds. The average molecular weight is 621 g/mol. The molecule has 0 radical (unpaired) electrons. The van der Waals surface area contributed by atoms with E-state index in [4.69, 9.17) is 14.2 Å². The summed E-state index contributed by atoms with van der Waals surface area (Å²) >= 11 is 0. The van der Waals surface area contributed by atoms with E-state index >= 15 is 0 Å². The Hall–Kier alpha value is -3.96. The van der Waals surface area contributed by atoms with E-state index in [1.807, 2.05) is 48.5 Å². The maximum atomic E-state index is 12.3. The van der Waals surface area contributed by atoms with Gasteiger partial charge in [0.05, 0.1) is 12.2 Å². The van der Waals surface area contributed by atoms with E-state index in [9.17, 15) is 9.59 Å². The number of carbonyl (C=O) groups is 2. The van der Waals surface area contributed by atoms with Crippen LogP contribution in [0.2, 0.25) is 0 Å². The lowest BCUT2D eigenvalue weighted by atomic mass is 9.67. The van der Waals surface area contributed by atoms with E-state index in [0.29, 0.717) is 17.4 Å². The molecule has 2 fully saturated rings. The van der Waals surface area contributed by atoms with Gasteiger partial charge in [-0.2, -0.15) is 0 Å². The van der Waals surface area contributed by atoms with Gasteiger partial charge in [-0.15, -0.1) is 0 Å². The van der Waals surface area contributed by atoms with Crippen LogP contribution in [-0.2, 0) is 14.3 Å². The quantitative estimate of drug-likeness (QED) is 0.115. The molecular formula is C41H48O5. The topological polar surface area (TPSA) is 61.8 Å². The summed E-state index contributed by atoms with van der Waals surface area (Å²) in [5.74, 6) is 3.19. The molecular weight excluding hydrogens is 572 g/mol. The molecule has 242 valence electrons. The summed E-state index contributed by atoms with van der Waals surface area (Å²) in [6.45, 7) is 9.67. The standard InChI is InChI=1S/C41H48O5/c1-5-7-29-8-10-30(11-9-29)31-12-14-34(15-13-31)39-26-35(32-16-21-36(22-17-32)45-40(42)6-2)20-25-38(39)33-18-23-37(24-19-33)46-41(43)28(3)27-44-4/h6,16-26,29-31,34H,2-3,5,7-15,27H2,1,4H3. The summed E-state index contributed by atoms with van der Waals surface area (Å²) in [6.07, 6.45) is 14.5. The third-order valence-electron chi connectivity index (χ3n) is 10.1. The average Bonchev–Trinajstić information content (AvgIpc) is 3.09. The van der Waals surface area contributed by atoms with Crippen molar-refractivity contribution >= 4 is 11.9 Å². The van der Waals surface area contributed by atoms with Gasteiger partial charge in [0, 0.05) is 13.2 Å². The molecule has 2 saturated carbocycles. The Labute approximate surface area is 274 Å². The third-order valence-corrected chi connectivity index (χ3v) is 10.1. The summed E-state index contributed by atoms with van der Waals surface area (Å²) in [5.41, 5.74) is 6.16. The highest BCUT2D eigenvalue weighted by molar-refractivity contribution is 5.90. The molecule has 5 heteroatoms. The van der Waals surface area contributed by atoms with Crippen LogP contribution in [0.3, 0.4) is 0 Å². The van der Waals surface area contributed by atoms with Crippen molar-refractivity contribution in [3.8, 4) is 33.8 Å². The summed E-state index contributed by atoms with van der Waals surface area (Å²) in [6, 6.07) is 22.1. The molecule has 5 nitrogen and oxygen atoms in total. The van der Waals surface area contributed by atoms with Gasteiger partial charge in [-0.1, -0.05) is 88.2 Å². The second-order valence-corrected chi connectivity index (χ2v) is 13.1. The highest BCUT2D eigenvalue weighted by Crippen LogP contribution is 2.47. The first kappa shape index (κ1) is 33.4. The van der Waals surface area contributed by atoms with Gasteiger partial charge in [-0.25, -0.2) is 9.59 Å². The second kappa shape index (κ2) is 16.0. The van der Waals surface area contributed by atoms with E-state index in [1.165, 1.54) is 88.5 Å². The van der Waals surface area contributed by atoms with Gasteiger partial charge < -0.3 is 14.2 Å². The second-order valence-electron chi connectivity index (χ2n) is 13.1. The van der Waals surface area contributed by atoms with Crippen molar-refractivity contribution in [2.24, 2.45) is 17.8 Å². The monoisotopic (exact) mass is 620 g/mol. The molecule has 0 atom stereocenters. The number of benzene rings is 3. The molecule has 0 aliphatic heterocycles. The Balaban J connectivity index is 1.36. The highest BCUT2D eigenvalue weighted by atomic mass is 16.5. The fourth-order valence-corrected chi connectivity index (χ4v) is 7.59. The van der Waals surface area contributed by atoms with Gasteiger partial charge >= 0.3 is 11.9 Å². The van der Waals surface area contributed by atoms with Crippen LogP contribution in [0, 0.1) is 17.8 Å². The molecule has 0 bridgehead atoms. The molecule has 5 rings (SSSR count). The van der Waals surface area contributed by atoms with Crippen molar-refractivity contribution in [3.05, 3.63) is 97.1 Å². The minimum Gasteiger partial charge on any atom is -0.423 e. The first-order valence-corrected chi connectivity index (χ1v) is 17.0. The molecule has 0 heterocycles. The number of rotatable bonds is 12. The Morgan fingerprint density at radius 1 is 0.761 bits per heavy atom. The SMILES string of the molecule is C=CC(=O)Oc1ccc(-c2ccc(-c3ccc(OC(=O)C(=C)COC)cc3)c(C3CCC(C4CCC(CCC)CC4)CC3)c2)cc1. The molecule has 0 aromatic heterocycles. The predicted molar refractivity (Wildman–Crippen MR) is 185 cm³/mol. The van der Waals surface area contributed by atoms with Crippen LogP contribution in [0.5, 0.6) is 11.5 Å². The number of ether oxygens (including phenoxy) is 3. The smallest absolute Gasteiger partial charge is 0.341 e. The van der Waals surface area contributed by atoms with Gasteiger partial charge in [-0.05, 0) is 114 Å². The zero-order valence-electron chi connectivity index (χ0n) is 27.5. The zero-order chi connectivity index (χ0) is 32.5. The highest BCUT2D eigenvalue weighted by Gasteiger charge is 2.32. The van der Waals surface area contributed by atoms with E-state index in [-0.39, 0.29) is 12.2 Å². The van der Waals surface area contributed by atoms with Crippen molar-refractivity contribution < 1.29 is 23.8 Å². The van der Waals surface area contributed by atoms with E-state index in [2.05, 4.69) is 38.3 Å². The number of hydrogen-bond donors (Lipinski definition) is 0. The fraction of sp³-hybridized carbons (Fsp3) is 0.415. The lowest BCUT2D eigenvalue weighted by Gasteiger charge is -2.38. The molecule has 3 aromatic rings. The molecule has 0 saturated heterocycles. The van der Waals surface area contributed by atoms with E-state index in [1.54, 1.807) is 0 Å². The van der Waals surface area contributed by atoms with Gasteiger partial charge in [0.25, 0.3) is 0 Å². The molecule has 46 heavy (non-hydrogen) atoms. The minimum absolute atomic E-state index is 0.137. The molecule has 2 aliphatic rings. The Kier molecular flexibility index (Phi) is 11.7. The minimum atomic E-state index is -0.486. The van der Waals surface area contributed by atoms with Crippen LogP contribution in [0.4, 0.5) is 0 Å². The van der Waals surface area contributed by atoms with Gasteiger partial charge in [0.15, 0.2) is 0 Å². The van der Waals surface area contributed by atoms with E-state index < -0.39 is 11.9 Å². The van der Waals surface area contributed by atoms with Crippen molar-refractivity contribution in [2.75, 3.05) is 13.7 Å².